The summed E-state index contributed by atoms with van der Waals surface area (Å²) >= 11 is 0. The second-order valence-corrected chi connectivity index (χ2v) is 7.73. The molecule has 3 aliphatic carbocycles. The van der Waals surface area contributed by atoms with Crippen LogP contribution in [0.25, 0.3) is 0 Å². The van der Waals surface area contributed by atoms with E-state index in [0.717, 1.165) is 25.7 Å². The van der Waals surface area contributed by atoms with Crippen molar-refractivity contribution in [1.82, 2.24) is 0 Å². The Bertz CT molecular complexity index is 524. The van der Waals surface area contributed by atoms with Crippen molar-refractivity contribution >= 4 is 5.78 Å². The fraction of sp³-hybridized carbons (Fsp3) is 0.720. The molecule has 4 unspecified atom stereocenters. The molecule has 0 heterocycles. The molecule has 26 heavy (non-hydrogen) atoms. The molecule has 0 aromatic rings. The van der Waals surface area contributed by atoms with E-state index in [4.69, 9.17) is 0 Å². The van der Waals surface area contributed by atoms with Crippen LogP contribution >= 0.6 is 0 Å². The monoisotopic (exact) mass is 358 g/mol. The summed E-state index contributed by atoms with van der Waals surface area (Å²) in [7, 11) is 0. The third-order valence-corrected chi connectivity index (χ3v) is 6.72. The van der Waals surface area contributed by atoms with E-state index in [1.807, 2.05) is 27.7 Å². The first-order valence-electron chi connectivity index (χ1n) is 11.1. The van der Waals surface area contributed by atoms with Crippen LogP contribution in [0.3, 0.4) is 0 Å². The molecule has 2 fully saturated rings. The van der Waals surface area contributed by atoms with Gasteiger partial charge in [-0.05, 0) is 74.3 Å². The normalized spacial score (nSPS) is 33.8. The predicted molar refractivity (Wildman–Crippen MR) is 115 cm³/mol. The van der Waals surface area contributed by atoms with Crippen LogP contribution in [-0.4, -0.2) is 5.78 Å². The van der Waals surface area contributed by atoms with Crippen LogP contribution in [0.4, 0.5) is 0 Å². The van der Waals surface area contributed by atoms with Crippen molar-refractivity contribution in [3.05, 3.63) is 36.0 Å². The molecule has 0 saturated heterocycles. The van der Waals surface area contributed by atoms with Gasteiger partial charge in [-0.3, -0.25) is 4.79 Å². The van der Waals surface area contributed by atoms with Gasteiger partial charge in [-0.25, -0.2) is 0 Å². The van der Waals surface area contributed by atoms with Gasteiger partial charge < -0.3 is 0 Å². The van der Waals surface area contributed by atoms with Crippen molar-refractivity contribution in [3.63, 3.8) is 0 Å². The number of hydrogen-bond donors (Lipinski definition) is 0. The van der Waals surface area contributed by atoms with Crippen LogP contribution in [0.1, 0.15) is 92.9 Å². The lowest BCUT2D eigenvalue weighted by Gasteiger charge is -2.46. The Balaban J connectivity index is 0.000000791. The molecule has 1 nitrogen and oxygen atoms in total. The average Bonchev–Trinajstić information content (AvgIpc) is 2.83. The van der Waals surface area contributed by atoms with Gasteiger partial charge in [-0.1, -0.05) is 65.8 Å². The van der Waals surface area contributed by atoms with E-state index in [0.29, 0.717) is 23.5 Å². The van der Waals surface area contributed by atoms with Crippen molar-refractivity contribution in [2.75, 3.05) is 0 Å². The zero-order chi connectivity index (χ0) is 19.7. The van der Waals surface area contributed by atoms with E-state index in [9.17, 15) is 4.79 Å². The molecule has 0 aromatic heterocycles. The third kappa shape index (κ3) is 4.41. The zero-order valence-electron chi connectivity index (χ0n) is 18.2. The Morgan fingerprint density at radius 1 is 1.04 bits per heavy atom. The molecule has 0 radical (unpaired) electrons. The maximum atomic E-state index is 12.7. The highest BCUT2D eigenvalue weighted by molar-refractivity contribution is 5.85. The number of carbonyl (C=O) groups is 1. The Kier molecular flexibility index (Phi) is 9.61. The lowest BCUT2D eigenvalue weighted by atomic mass is 9.57. The van der Waals surface area contributed by atoms with Gasteiger partial charge in [0.1, 0.15) is 5.78 Å². The smallest absolute Gasteiger partial charge is 0.139 e. The van der Waals surface area contributed by atoms with Gasteiger partial charge in [0.15, 0.2) is 0 Å². The SMILES string of the molecule is C=CC1=C(/C=C\C)CCC2C1CCCC1(C)C(=O)CCCC21.CC.CC. The number of rotatable bonds is 2. The first-order valence-corrected chi connectivity index (χ1v) is 11.1. The Morgan fingerprint density at radius 2 is 1.73 bits per heavy atom. The standard InChI is InChI=1S/C21H30O.2C2H6/c1-4-8-15-12-13-18-17(16(15)5-2)9-7-14-21(3)19(18)10-6-11-20(21)22;2*1-2/h4-5,8,17-19H,2,6-7,9-14H2,1,3H3;2*1-2H3/b8-4-;;. The average molecular weight is 359 g/mol. The van der Waals surface area contributed by atoms with Gasteiger partial charge in [0.25, 0.3) is 0 Å². The highest BCUT2D eigenvalue weighted by Gasteiger charge is 2.50. The summed E-state index contributed by atoms with van der Waals surface area (Å²) in [5.74, 6) is 2.48. The molecule has 148 valence electrons. The van der Waals surface area contributed by atoms with Crippen LogP contribution in [0.2, 0.25) is 0 Å². The van der Waals surface area contributed by atoms with Crippen LogP contribution in [0, 0.1) is 23.2 Å². The lowest BCUT2D eigenvalue weighted by molar-refractivity contribution is -0.136. The van der Waals surface area contributed by atoms with Crippen LogP contribution < -0.4 is 0 Å². The first kappa shape index (κ1) is 22.9. The molecule has 1 heteroatoms. The molecule has 3 aliphatic rings. The minimum atomic E-state index is -0.0396. The second kappa shape index (κ2) is 10.9. The Labute approximate surface area is 163 Å². The van der Waals surface area contributed by atoms with Crippen LogP contribution in [0.15, 0.2) is 36.0 Å². The van der Waals surface area contributed by atoms with Gasteiger partial charge in [0, 0.05) is 11.8 Å². The molecule has 3 rings (SSSR count). The molecule has 0 spiro atoms. The Hall–Kier alpha value is -1.11. The van der Waals surface area contributed by atoms with Crippen molar-refractivity contribution < 1.29 is 4.79 Å². The number of fused-ring (bicyclic) bond motifs is 3. The van der Waals surface area contributed by atoms with Crippen molar-refractivity contribution in [2.24, 2.45) is 23.2 Å². The molecular formula is C25H42O. The number of carbonyl (C=O) groups excluding carboxylic acids is 1. The van der Waals surface area contributed by atoms with Crippen molar-refractivity contribution in [1.29, 1.82) is 0 Å². The molecule has 0 N–H and O–H groups in total. The summed E-state index contributed by atoms with van der Waals surface area (Å²) in [6.45, 7) is 16.5. The van der Waals surface area contributed by atoms with Crippen molar-refractivity contribution in [2.45, 2.75) is 92.9 Å². The van der Waals surface area contributed by atoms with E-state index in [1.54, 1.807) is 0 Å². The van der Waals surface area contributed by atoms with E-state index in [2.05, 4.69) is 38.7 Å². The molecule has 2 saturated carbocycles. The van der Waals surface area contributed by atoms with Gasteiger partial charge in [-0.15, -0.1) is 0 Å². The van der Waals surface area contributed by atoms with Gasteiger partial charge in [0.05, 0.1) is 0 Å². The molecule has 0 amide bonds. The van der Waals surface area contributed by atoms with Crippen LogP contribution in [-0.2, 0) is 4.79 Å². The highest BCUT2D eigenvalue weighted by atomic mass is 16.1. The highest BCUT2D eigenvalue weighted by Crippen LogP contribution is 2.55. The Morgan fingerprint density at radius 3 is 2.35 bits per heavy atom. The van der Waals surface area contributed by atoms with E-state index >= 15 is 0 Å². The molecule has 4 atom stereocenters. The molecule has 0 aromatic carbocycles. The predicted octanol–water partition coefficient (Wildman–Crippen LogP) is 7.68. The summed E-state index contributed by atoms with van der Waals surface area (Å²) in [6, 6.07) is 0. The molecular weight excluding hydrogens is 316 g/mol. The topological polar surface area (TPSA) is 17.1 Å². The minimum absolute atomic E-state index is 0.0396. The van der Waals surface area contributed by atoms with E-state index in [1.165, 1.54) is 36.8 Å². The van der Waals surface area contributed by atoms with Crippen molar-refractivity contribution in [3.8, 4) is 0 Å². The summed E-state index contributed by atoms with van der Waals surface area (Å²) < 4.78 is 0. The number of allylic oxidation sites excluding steroid dienone is 5. The van der Waals surface area contributed by atoms with Gasteiger partial charge in [0.2, 0.25) is 0 Å². The number of ketones is 1. The fourth-order valence-electron chi connectivity index (χ4n) is 5.64. The first-order chi connectivity index (χ1) is 12.6. The van der Waals surface area contributed by atoms with Gasteiger partial charge in [-0.2, -0.15) is 0 Å². The largest absolute Gasteiger partial charge is 0.299 e. The quantitative estimate of drug-likeness (QED) is 0.494. The molecule has 0 aliphatic heterocycles. The number of Topliss-reactive ketones (excluding diaryl/α,β-unsaturated/α-hetero) is 1. The minimum Gasteiger partial charge on any atom is -0.299 e. The fourth-order valence-corrected chi connectivity index (χ4v) is 5.64. The lowest BCUT2D eigenvalue weighted by Crippen LogP contribution is -2.44. The van der Waals surface area contributed by atoms with Crippen LogP contribution in [0.5, 0.6) is 0 Å². The maximum absolute atomic E-state index is 12.7. The number of hydrogen-bond acceptors (Lipinski definition) is 1. The summed E-state index contributed by atoms with van der Waals surface area (Å²) in [6.07, 6.45) is 15.7. The van der Waals surface area contributed by atoms with E-state index in [-0.39, 0.29) is 5.41 Å². The maximum Gasteiger partial charge on any atom is 0.139 e. The van der Waals surface area contributed by atoms with Gasteiger partial charge >= 0.3 is 0 Å². The molecule has 0 bridgehead atoms. The summed E-state index contributed by atoms with van der Waals surface area (Å²) in [4.78, 5) is 12.7. The third-order valence-electron chi connectivity index (χ3n) is 6.72. The summed E-state index contributed by atoms with van der Waals surface area (Å²) in [5.41, 5.74) is 2.93. The summed E-state index contributed by atoms with van der Waals surface area (Å²) in [5, 5.41) is 0. The zero-order valence-corrected chi connectivity index (χ0v) is 18.2. The second-order valence-electron chi connectivity index (χ2n) is 7.73. The van der Waals surface area contributed by atoms with E-state index < -0.39 is 0 Å².